The minimum absolute atomic E-state index is 0.175. The van der Waals surface area contributed by atoms with Gasteiger partial charge in [-0.1, -0.05) is 6.92 Å². The molecular weight excluding hydrogens is 269 g/mol. The second-order valence-electron chi connectivity index (χ2n) is 4.87. The van der Waals surface area contributed by atoms with Crippen molar-refractivity contribution < 1.29 is 17.9 Å². The first-order valence-electron chi connectivity index (χ1n) is 6.81. The third kappa shape index (κ3) is 4.30. The molecule has 1 fully saturated rings. The molecule has 0 unspecified atom stereocenters. The van der Waals surface area contributed by atoms with Crippen LogP contribution in [0.5, 0.6) is 5.75 Å². The predicted molar refractivity (Wildman–Crippen MR) is 72.1 cm³/mol. The molecule has 20 heavy (non-hydrogen) atoms. The van der Waals surface area contributed by atoms with Crippen molar-refractivity contribution in [3.8, 4) is 5.75 Å². The molecule has 3 nitrogen and oxygen atoms in total. The van der Waals surface area contributed by atoms with Gasteiger partial charge in [0, 0.05) is 31.9 Å². The topological polar surface area (TPSA) is 15.7 Å². The minimum Gasteiger partial charge on any atom is -0.406 e. The van der Waals surface area contributed by atoms with Gasteiger partial charge in [-0.3, -0.25) is 4.90 Å². The van der Waals surface area contributed by atoms with Gasteiger partial charge in [0.2, 0.25) is 0 Å². The van der Waals surface area contributed by atoms with E-state index in [1.165, 1.54) is 12.1 Å². The fourth-order valence-corrected chi connectivity index (χ4v) is 2.40. The quantitative estimate of drug-likeness (QED) is 0.846. The van der Waals surface area contributed by atoms with Gasteiger partial charge in [0.15, 0.2) is 0 Å². The lowest BCUT2D eigenvalue weighted by molar-refractivity contribution is -0.274. The Morgan fingerprint density at radius 1 is 1.05 bits per heavy atom. The summed E-state index contributed by atoms with van der Waals surface area (Å²) in [5.41, 5.74) is 0.940. The summed E-state index contributed by atoms with van der Waals surface area (Å²) < 4.78 is 40.1. The zero-order valence-corrected chi connectivity index (χ0v) is 11.5. The van der Waals surface area contributed by atoms with Gasteiger partial charge in [-0.15, -0.1) is 13.2 Å². The molecule has 6 heteroatoms. The normalized spacial score (nSPS) is 17.3. The molecule has 1 aromatic carbocycles. The van der Waals surface area contributed by atoms with Crippen molar-refractivity contribution in [2.75, 3.05) is 37.6 Å². The van der Waals surface area contributed by atoms with Crippen LogP contribution < -0.4 is 9.64 Å². The fourth-order valence-electron chi connectivity index (χ4n) is 2.40. The standard InChI is InChI=1S/C14H19F3N2O/c1-2-7-18-8-10-19(11-9-18)12-3-5-13(6-4-12)20-14(15,16)17/h3-6H,2,7-11H2,1H3. The summed E-state index contributed by atoms with van der Waals surface area (Å²) in [5, 5.41) is 0. The maximum absolute atomic E-state index is 12.1. The molecule has 0 radical (unpaired) electrons. The highest BCUT2D eigenvalue weighted by Gasteiger charge is 2.31. The molecule has 0 spiro atoms. The van der Waals surface area contributed by atoms with Crippen LogP contribution in [0.25, 0.3) is 0 Å². The van der Waals surface area contributed by atoms with E-state index < -0.39 is 6.36 Å². The van der Waals surface area contributed by atoms with Crippen LogP contribution in [0.3, 0.4) is 0 Å². The van der Waals surface area contributed by atoms with Crippen LogP contribution in [0.15, 0.2) is 24.3 Å². The number of hydrogen-bond acceptors (Lipinski definition) is 3. The zero-order valence-electron chi connectivity index (χ0n) is 11.5. The number of halogens is 3. The number of ether oxygens (including phenoxy) is 1. The van der Waals surface area contributed by atoms with E-state index in [1.807, 2.05) is 0 Å². The largest absolute Gasteiger partial charge is 0.573 e. The van der Waals surface area contributed by atoms with Gasteiger partial charge in [-0.25, -0.2) is 0 Å². The Balaban J connectivity index is 1.91. The summed E-state index contributed by atoms with van der Waals surface area (Å²) in [5.74, 6) is -0.175. The van der Waals surface area contributed by atoms with Gasteiger partial charge >= 0.3 is 6.36 Å². The Bertz CT molecular complexity index is 411. The Morgan fingerprint density at radius 2 is 1.65 bits per heavy atom. The van der Waals surface area contributed by atoms with Gasteiger partial charge in [0.05, 0.1) is 0 Å². The number of hydrogen-bond donors (Lipinski definition) is 0. The Hall–Kier alpha value is -1.43. The highest BCUT2D eigenvalue weighted by molar-refractivity contribution is 5.49. The monoisotopic (exact) mass is 288 g/mol. The van der Waals surface area contributed by atoms with Crippen molar-refractivity contribution in [1.82, 2.24) is 4.90 Å². The number of piperazine rings is 1. The fraction of sp³-hybridized carbons (Fsp3) is 0.571. The van der Waals surface area contributed by atoms with Gasteiger partial charge in [-0.2, -0.15) is 0 Å². The zero-order chi connectivity index (χ0) is 14.6. The molecule has 2 rings (SSSR count). The maximum Gasteiger partial charge on any atom is 0.573 e. The van der Waals surface area contributed by atoms with Crippen LogP contribution in [0, 0.1) is 0 Å². The maximum atomic E-state index is 12.1. The molecule has 1 aliphatic heterocycles. The molecule has 0 aromatic heterocycles. The molecule has 0 amide bonds. The van der Waals surface area contributed by atoms with Gasteiger partial charge in [-0.05, 0) is 37.2 Å². The Morgan fingerprint density at radius 3 is 2.15 bits per heavy atom. The van der Waals surface area contributed by atoms with E-state index >= 15 is 0 Å². The summed E-state index contributed by atoms with van der Waals surface area (Å²) in [6.07, 6.45) is -3.49. The average molecular weight is 288 g/mol. The van der Waals surface area contributed by atoms with Gasteiger partial charge < -0.3 is 9.64 Å². The van der Waals surface area contributed by atoms with E-state index in [-0.39, 0.29) is 5.75 Å². The summed E-state index contributed by atoms with van der Waals surface area (Å²) >= 11 is 0. The summed E-state index contributed by atoms with van der Waals surface area (Å²) in [6.45, 7) is 7.06. The molecule has 112 valence electrons. The third-order valence-electron chi connectivity index (χ3n) is 3.35. The van der Waals surface area contributed by atoms with Crippen LogP contribution in [0.2, 0.25) is 0 Å². The number of nitrogens with zero attached hydrogens (tertiary/aromatic N) is 2. The molecule has 0 saturated carbocycles. The molecule has 0 N–H and O–H groups in total. The highest BCUT2D eigenvalue weighted by Crippen LogP contribution is 2.25. The van der Waals surface area contributed by atoms with Crippen molar-refractivity contribution in [3.05, 3.63) is 24.3 Å². The van der Waals surface area contributed by atoms with Crippen molar-refractivity contribution in [3.63, 3.8) is 0 Å². The lowest BCUT2D eigenvalue weighted by Crippen LogP contribution is -2.46. The molecule has 0 aliphatic carbocycles. The van der Waals surface area contributed by atoms with E-state index in [4.69, 9.17) is 0 Å². The van der Waals surface area contributed by atoms with E-state index in [2.05, 4.69) is 21.5 Å². The molecule has 1 aliphatic rings. The second-order valence-corrected chi connectivity index (χ2v) is 4.87. The first kappa shape index (κ1) is 15.0. The van der Waals surface area contributed by atoms with Crippen LogP contribution in [-0.2, 0) is 0 Å². The van der Waals surface area contributed by atoms with Gasteiger partial charge in [0.25, 0.3) is 0 Å². The van der Waals surface area contributed by atoms with Crippen LogP contribution >= 0.6 is 0 Å². The van der Waals surface area contributed by atoms with Crippen LogP contribution in [0.4, 0.5) is 18.9 Å². The minimum atomic E-state index is -4.63. The van der Waals surface area contributed by atoms with Crippen LogP contribution in [0.1, 0.15) is 13.3 Å². The first-order valence-corrected chi connectivity index (χ1v) is 6.81. The highest BCUT2D eigenvalue weighted by atomic mass is 19.4. The molecule has 0 atom stereocenters. The third-order valence-corrected chi connectivity index (χ3v) is 3.35. The van der Waals surface area contributed by atoms with E-state index in [1.54, 1.807) is 12.1 Å². The number of rotatable bonds is 4. The van der Waals surface area contributed by atoms with Crippen molar-refractivity contribution in [2.24, 2.45) is 0 Å². The number of benzene rings is 1. The van der Waals surface area contributed by atoms with E-state index in [9.17, 15) is 13.2 Å². The second kappa shape index (κ2) is 6.35. The lowest BCUT2D eigenvalue weighted by atomic mass is 10.2. The van der Waals surface area contributed by atoms with Crippen molar-refractivity contribution in [2.45, 2.75) is 19.7 Å². The van der Waals surface area contributed by atoms with E-state index in [0.717, 1.165) is 44.8 Å². The van der Waals surface area contributed by atoms with Gasteiger partial charge in [0.1, 0.15) is 5.75 Å². The number of alkyl halides is 3. The first-order chi connectivity index (χ1) is 9.48. The molecule has 1 heterocycles. The van der Waals surface area contributed by atoms with Crippen molar-refractivity contribution >= 4 is 5.69 Å². The number of anilines is 1. The summed E-state index contributed by atoms with van der Waals surface area (Å²) in [6, 6.07) is 6.08. The summed E-state index contributed by atoms with van der Waals surface area (Å²) in [7, 11) is 0. The average Bonchev–Trinajstić information content (AvgIpc) is 2.39. The predicted octanol–water partition coefficient (Wildman–Crippen LogP) is 3.12. The van der Waals surface area contributed by atoms with E-state index in [0.29, 0.717) is 0 Å². The van der Waals surface area contributed by atoms with Crippen LogP contribution in [-0.4, -0.2) is 44.0 Å². The summed E-state index contributed by atoms with van der Waals surface area (Å²) in [4.78, 5) is 4.58. The molecule has 0 bridgehead atoms. The van der Waals surface area contributed by atoms with Crippen molar-refractivity contribution in [1.29, 1.82) is 0 Å². The Kier molecular flexibility index (Phi) is 4.75. The smallest absolute Gasteiger partial charge is 0.406 e. The molecule has 1 aromatic rings. The molecular formula is C14H19F3N2O. The SMILES string of the molecule is CCCN1CCN(c2ccc(OC(F)(F)F)cc2)CC1. The lowest BCUT2D eigenvalue weighted by Gasteiger charge is -2.36. The molecule has 1 saturated heterocycles. The Labute approximate surface area is 116 Å².